The van der Waals surface area contributed by atoms with Crippen molar-refractivity contribution in [2.24, 2.45) is 5.73 Å². The molecule has 1 aromatic carbocycles. The van der Waals surface area contributed by atoms with E-state index in [0.29, 0.717) is 11.7 Å². The van der Waals surface area contributed by atoms with E-state index in [1.165, 1.54) is 0 Å². The fraction of sp³-hybridized carbons (Fsp3) is 0.500. The lowest BCUT2D eigenvalue weighted by Crippen LogP contribution is -2.34. The third kappa shape index (κ3) is 3.07. The van der Waals surface area contributed by atoms with Gasteiger partial charge in [0.05, 0.1) is 11.0 Å². The van der Waals surface area contributed by atoms with Crippen molar-refractivity contribution in [1.29, 1.82) is 0 Å². The van der Waals surface area contributed by atoms with E-state index in [9.17, 15) is 0 Å². The molecule has 120 valence electrons. The molecule has 1 aliphatic rings. The highest BCUT2D eigenvalue weighted by molar-refractivity contribution is 9.10. The molecule has 0 bridgehead atoms. The maximum atomic E-state index is 6.41. The highest BCUT2D eigenvalue weighted by Crippen LogP contribution is 2.37. The standard InChI is InChI=1S/C16H20BrN3O.ClH/c1-15(2,11-6-5-7-12(17)10-11)14-19-13(20-21-14)16(18)8-3-4-9-16;/h5-7,10H,3-4,8-9,18H2,1-2H3;1H. The second-order valence-corrected chi connectivity index (χ2v) is 7.34. The molecule has 1 fully saturated rings. The molecule has 1 saturated carbocycles. The van der Waals surface area contributed by atoms with Crippen LogP contribution < -0.4 is 5.73 Å². The Kier molecular flexibility index (Phi) is 5.00. The van der Waals surface area contributed by atoms with Gasteiger partial charge in [-0.3, -0.25) is 0 Å². The van der Waals surface area contributed by atoms with Gasteiger partial charge >= 0.3 is 0 Å². The molecule has 0 amide bonds. The van der Waals surface area contributed by atoms with Crippen molar-refractivity contribution < 1.29 is 4.52 Å². The van der Waals surface area contributed by atoms with Crippen molar-refractivity contribution in [3.8, 4) is 0 Å². The summed E-state index contributed by atoms with van der Waals surface area (Å²) in [6.07, 6.45) is 4.14. The predicted octanol–water partition coefficient (Wildman–Crippen LogP) is 4.31. The summed E-state index contributed by atoms with van der Waals surface area (Å²) in [4.78, 5) is 4.62. The summed E-state index contributed by atoms with van der Waals surface area (Å²) in [6, 6.07) is 8.17. The first-order chi connectivity index (χ1) is 9.92. The largest absolute Gasteiger partial charge is 0.338 e. The molecular weight excluding hydrogens is 366 g/mol. The summed E-state index contributed by atoms with van der Waals surface area (Å²) >= 11 is 3.51. The fourth-order valence-electron chi connectivity index (χ4n) is 2.91. The zero-order valence-corrected chi connectivity index (χ0v) is 15.2. The normalized spacial score (nSPS) is 17.3. The van der Waals surface area contributed by atoms with Gasteiger partial charge in [-0.25, -0.2) is 0 Å². The molecule has 1 aliphatic carbocycles. The van der Waals surface area contributed by atoms with Gasteiger partial charge in [0.1, 0.15) is 0 Å². The quantitative estimate of drug-likeness (QED) is 0.853. The van der Waals surface area contributed by atoms with Gasteiger partial charge in [-0.1, -0.05) is 46.1 Å². The van der Waals surface area contributed by atoms with Gasteiger partial charge in [-0.15, -0.1) is 12.4 Å². The third-order valence-corrected chi connectivity index (χ3v) is 4.94. The number of hydrogen-bond acceptors (Lipinski definition) is 4. The Morgan fingerprint density at radius 1 is 1.27 bits per heavy atom. The highest BCUT2D eigenvalue weighted by Gasteiger charge is 2.38. The zero-order valence-electron chi connectivity index (χ0n) is 12.8. The van der Waals surface area contributed by atoms with Gasteiger partial charge in [0.15, 0.2) is 5.82 Å². The van der Waals surface area contributed by atoms with Gasteiger partial charge in [-0.2, -0.15) is 4.98 Å². The summed E-state index contributed by atoms with van der Waals surface area (Å²) in [7, 11) is 0. The molecule has 2 N–H and O–H groups in total. The van der Waals surface area contributed by atoms with Crippen LogP contribution in [0, 0.1) is 0 Å². The molecule has 1 aromatic heterocycles. The van der Waals surface area contributed by atoms with E-state index in [1.54, 1.807) is 0 Å². The van der Waals surface area contributed by atoms with E-state index in [4.69, 9.17) is 10.3 Å². The maximum Gasteiger partial charge on any atom is 0.236 e. The van der Waals surface area contributed by atoms with Crippen LogP contribution in [0.2, 0.25) is 0 Å². The number of hydrogen-bond donors (Lipinski definition) is 1. The van der Waals surface area contributed by atoms with Crippen molar-refractivity contribution in [1.82, 2.24) is 10.1 Å². The van der Waals surface area contributed by atoms with Crippen LogP contribution in [-0.2, 0) is 11.0 Å². The Morgan fingerprint density at radius 3 is 2.59 bits per heavy atom. The van der Waals surface area contributed by atoms with Crippen LogP contribution >= 0.6 is 28.3 Å². The van der Waals surface area contributed by atoms with E-state index in [1.807, 2.05) is 12.1 Å². The first-order valence-corrected chi connectivity index (χ1v) is 8.11. The van der Waals surface area contributed by atoms with Crippen molar-refractivity contribution >= 4 is 28.3 Å². The molecule has 0 saturated heterocycles. The van der Waals surface area contributed by atoms with E-state index in [-0.39, 0.29) is 17.8 Å². The topological polar surface area (TPSA) is 64.9 Å². The lowest BCUT2D eigenvalue weighted by molar-refractivity contribution is 0.318. The average molecular weight is 387 g/mol. The smallest absolute Gasteiger partial charge is 0.236 e. The lowest BCUT2D eigenvalue weighted by atomic mass is 9.84. The summed E-state index contributed by atoms with van der Waals surface area (Å²) < 4.78 is 6.59. The van der Waals surface area contributed by atoms with Crippen molar-refractivity contribution in [2.45, 2.75) is 50.5 Å². The zero-order chi connectivity index (χ0) is 15.1. The van der Waals surface area contributed by atoms with E-state index >= 15 is 0 Å². The van der Waals surface area contributed by atoms with Gasteiger partial charge < -0.3 is 10.3 Å². The van der Waals surface area contributed by atoms with Crippen LogP contribution in [0.25, 0.3) is 0 Å². The van der Waals surface area contributed by atoms with Gasteiger partial charge in [-0.05, 0) is 44.4 Å². The molecule has 0 spiro atoms. The summed E-state index contributed by atoms with van der Waals surface area (Å²) in [6.45, 7) is 4.17. The van der Waals surface area contributed by atoms with Crippen LogP contribution in [0.1, 0.15) is 56.8 Å². The first-order valence-electron chi connectivity index (χ1n) is 7.31. The van der Waals surface area contributed by atoms with Crippen molar-refractivity contribution in [3.05, 3.63) is 46.0 Å². The highest BCUT2D eigenvalue weighted by atomic mass is 79.9. The minimum absolute atomic E-state index is 0. The second-order valence-electron chi connectivity index (χ2n) is 6.42. The summed E-state index contributed by atoms with van der Waals surface area (Å²) in [5.74, 6) is 1.27. The average Bonchev–Trinajstić information content (AvgIpc) is 3.08. The van der Waals surface area contributed by atoms with Crippen LogP contribution in [0.15, 0.2) is 33.3 Å². The Hall–Kier alpha value is -0.910. The minimum Gasteiger partial charge on any atom is -0.338 e. The number of benzene rings is 1. The van der Waals surface area contributed by atoms with Crippen LogP contribution in [-0.4, -0.2) is 10.1 Å². The minimum atomic E-state index is -0.408. The molecular formula is C16H21BrClN3O. The van der Waals surface area contributed by atoms with Gasteiger partial charge in [0.25, 0.3) is 0 Å². The second kappa shape index (κ2) is 6.30. The monoisotopic (exact) mass is 385 g/mol. The van der Waals surface area contributed by atoms with E-state index in [0.717, 1.165) is 35.7 Å². The molecule has 22 heavy (non-hydrogen) atoms. The Morgan fingerprint density at radius 2 is 1.95 bits per heavy atom. The third-order valence-electron chi connectivity index (χ3n) is 4.45. The van der Waals surface area contributed by atoms with Crippen molar-refractivity contribution in [3.63, 3.8) is 0 Å². The van der Waals surface area contributed by atoms with Crippen molar-refractivity contribution in [2.75, 3.05) is 0 Å². The Labute approximate surface area is 145 Å². The predicted molar refractivity (Wildman–Crippen MR) is 92.1 cm³/mol. The molecule has 2 aromatic rings. The maximum absolute atomic E-state index is 6.41. The summed E-state index contributed by atoms with van der Waals surface area (Å²) in [5.41, 5.74) is 6.79. The molecule has 0 radical (unpaired) electrons. The summed E-state index contributed by atoms with van der Waals surface area (Å²) in [5, 5.41) is 4.16. The number of halogens is 2. The first kappa shape index (κ1) is 17.4. The van der Waals surface area contributed by atoms with Gasteiger partial charge in [0, 0.05) is 4.47 Å². The molecule has 0 unspecified atom stereocenters. The number of nitrogens with zero attached hydrogens (tertiary/aromatic N) is 2. The molecule has 0 atom stereocenters. The van der Waals surface area contributed by atoms with Crippen LogP contribution in [0.3, 0.4) is 0 Å². The van der Waals surface area contributed by atoms with Crippen LogP contribution in [0.5, 0.6) is 0 Å². The molecule has 6 heteroatoms. The number of aromatic nitrogens is 2. The molecule has 4 nitrogen and oxygen atoms in total. The number of nitrogens with two attached hydrogens (primary N) is 1. The lowest BCUT2D eigenvalue weighted by Gasteiger charge is -2.21. The Bertz CT molecular complexity index is 650. The SMILES string of the molecule is CC(C)(c1cccc(Br)c1)c1nc(C2(N)CCCC2)no1.Cl. The molecule has 0 aliphatic heterocycles. The van der Waals surface area contributed by atoms with E-state index in [2.05, 4.69) is 52.1 Å². The molecule has 3 rings (SSSR count). The van der Waals surface area contributed by atoms with Gasteiger partial charge in [0.2, 0.25) is 5.89 Å². The number of rotatable bonds is 3. The Balaban J connectivity index is 0.00000176. The van der Waals surface area contributed by atoms with E-state index < -0.39 is 5.54 Å². The van der Waals surface area contributed by atoms with Crippen LogP contribution in [0.4, 0.5) is 0 Å². The molecule has 1 heterocycles. The fourth-order valence-corrected chi connectivity index (χ4v) is 3.31.